The van der Waals surface area contributed by atoms with Crippen LogP contribution in [0.5, 0.6) is 11.5 Å². The van der Waals surface area contributed by atoms with Crippen molar-refractivity contribution < 1.29 is 14.3 Å². The van der Waals surface area contributed by atoms with E-state index in [1.165, 1.54) is 0 Å². The Morgan fingerprint density at radius 1 is 1.29 bits per heavy atom. The summed E-state index contributed by atoms with van der Waals surface area (Å²) >= 11 is 0. The number of aromatic nitrogens is 1. The molecule has 1 saturated heterocycles. The monoisotopic (exact) mass is 289 g/mol. The van der Waals surface area contributed by atoms with Crippen LogP contribution in [-0.2, 0) is 0 Å². The Morgan fingerprint density at radius 2 is 2.14 bits per heavy atom. The first-order chi connectivity index (χ1) is 10.2. The van der Waals surface area contributed by atoms with Crippen molar-refractivity contribution in [2.45, 2.75) is 12.5 Å². The lowest BCUT2D eigenvalue weighted by molar-refractivity contribution is 0.0936. The molecule has 6 heteroatoms. The number of carbonyl (C=O) groups is 1. The van der Waals surface area contributed by atoms with Gasteiger partial charge in [-0.15, -0.1) is 0 Å². The number of hydrogen-bond acceptors (Lipinski definition) is 4. The Morgan fingerprint density at radius 3 is 2.81 bits per heavy atom. The summed E-state index contributed by atoms with van der Waals surface area (Å²) in [5, 5.41) is 7.13. The van der Waals surface area contributed by atoms with Crippen LogP contribution in [0.2, 0.25) is 0 Å². The molecule has 1 aliphatic heterocycles. The number of rotatable bonds is 4. The number of methoxy groups -OCH3 is 2. The molecule has 3 N–H and O–H groups in total. The van der Waals surface area contributed by atoms with Gasteiger partial charge in [-0.05, 0) is 25.1 Å². The standard InChI is InChI=1S/C15H19N3O3/c1-20-11-5-9-6-12(18-14(9)13(7-11)21-2)15(19)17-10-3-4-16-8-10/h5-7,10,16,18H,3-4,8H2,1-2H3,(H,17,19)/t10-/m1/s1. The molecule has 0 bridgehead atoms. The fourth-order valence-electron chi connectivity index (χ4n) is 2.63. The number of H-pyrrole nitrogens is 1. The molecule has 1 atom stereocenters. The lowest BCUT2D eigenvalue weighted by atomic mass is 10.2. The van der Waals surface area contributed by atoms with Crippen molar-refractivity contribution in [2.24, 2.45) is 0 Å². The highest BCUT2D eigenvalue weighted by Gasteiger charge is 2.19. The Bertz CT molecular complexity index is 659. The van der Waals surface area contributed by atoms with Crippen molar-refractivity contribution in [3.8, 4) is 11.5 Å². The molecule has 0 aliphatic carbocycles. The number of benzene rings is 1. The smallest absolute Gasteiger partial charge is 0.267 e. The first kappa shape index (κ1) is 13.8. The van der Waals surface area contributed by atoms with E-state index in [9.17, 15) is 4.79 Å². The molecule has 0 spiro atoms. The third-order valence-corrected chi connectivity index (χ3v) is 3.76. The van der Waals surface area contributed by atoms with Gasteiger partial charge >= 0.3 is 0 Å². The Kier molecular flexibility index (Phi) is 3.70. The van der Waals surface area contributed by atoms with Gasteiger partial charge in [-0.2, -0.15) is 0 Å². The molecule has 112 valence electrons. The van der Waals surface area contributed by atoms with Crippen molar-refractivity contribution in [3.05, 3.63) is 23.9 Å². The summed E-state index contributed by atoms with van der Waals surface area (Å²) in [5.74, 6) is 1.26. The highest BCUT2D eigenvalue weighted by molar-refractivity contribution is 6.00. The average Bonchev–Trinajstić information content (AvgIpc) is 3.14. The van der Waals surface area contributed by atoms with Crippen LogP contribution in [0.1, 0.15) is 16.9 Å². The van der Waals surface area contributed by atoms with Crippen LogP contribution in [0, 0.1) is 0 Å². The minimum atomic E-state index is -0.0964. The quantitative estimate of drug-likeness (QED) is 0.792. The van der Waals surface area contributed by atoms with Crippen LogP contribution in [0.4, 0.5) is 0 Å². The van der Waals surface area contributed by atoms with Crippen LogP contribution in [0.25, 0.3) is 10.9 Å². The molecule has 6 nitrogen and oxygen atoms in total. The minimum absolute atomic E-state index is 0.0964. The lowest BCUT2D eigenvalue weighted by Crippen LogP contribution is -2.36. The molecule has 2 aromatic rings. The molecule has 1 fully saturated rings. The van der Waals surface area contributed by atoms with Gasteiger partial charge in [0.05, 0.1) is 19.7 Å². The molecule has 21 heavy (non-hydrogen) atoms. The van der Waals surface area contributed by atoms with Crippen LogP contribution >= 0.6 is 0 Å². The topological polar surface area (TPSA) is 75.4 Å². The van der Waals surface area contributed by atoms with Gasteiger partial charge in [-0.1, -0.05) is 0 Å². The van der Waals surface area contributed by atoms with Gasteiger partial charge in [0.15, 0.2) is 0 Å². The highest BCUT2D eigenvalue weighted by atomic mass is 16.5. The molecular weight excluding hydrogens is 270 g/mol. The Balaban J connectivity index is 1.90. The molecule has 0 unspecified atom stereocenters. The minimum Gasteiger partial charge on any atom is -0.497 e. The SMILES string of the molecule is COc1cc(OC)c2[nH]c(C(=O)N[C@@H]3CCNC3)cc2c1. The Labute approximate surface area is 122 Å². The number of amides is 1. The van der Waals surface area contributed by atoms with Crippen LogP contribution in [-0.4, -0.2) is 44.2 Å². The van der Waals surface area contributed by atoms with E-state index in [4.69, 9.17) is 9.47 Å². The van der Waals surface area contributed by atoms with E-state index in [0.717, 1.165) is 30.4 Å². The zero-order valence-corrected chi connectivity index (χ0v) is 12.2. The van der Waals surface area contributed by atoms with E-state index >= 15 is 0 Å². The molecule has 0 radical (unpaired) electrons. The third-order valence-electron chi connectivity index (χ3n) is 3.76. The van der Waals surface area contributed by atoms with E-state index in [1.54, 1.807) is 20.3 Å². The van der Waals surface area contributed by atoms with Crippen molar-refractivity contribution in [2.75, 3.05) is 27.3 Å². The summed E-state index contributed by atoms with van der Waals surface area (Å²) in [5.41, 5.74) is 1.33. The Hall–Kier alpha value is -2.21. The second-order valence-electron chi connectivity index (χ2n) is 5.14. The maximum absolute atomic E-state index is 12.3. The van der Waals surface area contributed by atoms with Gasteiger partial charge in [-0.3, -0.25) is 4.79 Å². The summed E-state index contributed by atoms with van der Waals surface area (Å²) in [4.78, 5) is 15.4. The largest absolute Gasteiger partial charge is 0.497 e. The zero-order chi connectivity index (χ0) is 14.8. The molecule has 3 rings (SSSR count). The van der Waals surface area contributed by atoms with E-state index in [0.29, 0.717) is 17.2 Å². The van der Waals surface area contributed by atoms with E-state index in [-0.39, 0.29) is 11.9 Å². The molecule has 0 saturated carbocycles. The number of aromatic amines is 1. The van der Waals surface area contributed by atoms with Crippen molar-refractivity contribution >= 4 is 16.8 Å². The van der Waals surface area contributed by atoms with Crippen molar-refractivity contribution in [1.29, 1.82) is 0 Å². The maximum atomic E-state index is 12.3. The van der Waals surface area contributed by atoms with E-state index < -0.39 is 0 Å². The van der Waals surface area contributed by atoms with Crippen molar-refractivity contribution in [3.63, 3.8) is 0 Å². The first-order valence-electron chi connectivity index (χ1n) is 6.97. The first-order valence-corrected chi connectivity index (χ1v) is 6.97. The summed E-state index contributed by atoms with van der Waals surface area (Å²) < 4.78 is 10.6. The summed E-state index contributed by atoms with van der Waals surface area (Å²) in [6.45, 7) is 1.77. The average molecular weight is 289 g/mol. The predicted octanol–water partition coefficient (Wildman–Crippen LogP) is 1.28. The lowest BCUT2D eigenvalue weighted by Gasteiger charge is -2.09. The number of carbonyl (C=O) groups excluding carboxylic acids is 1. The van der Waals surface area contributed by atoms with Gasteiger partial charge in [0.1, 0.15) is 17.2 Å². The second-order valence-corrected chi connectivity index (χ2v) is 5.14. The van der Waals surface area contributed by atoms with Crippen LogP contribution < -0.4 is 20.1 Å². The normalized spacial score (nSPS) is 17.9. The van der Waals surface area contributed by atoms with Gasteiger partial charge in [0.25, 0.3) is 5.91 Å². The molecule has 1 aromatic carbocycles. The molecular formula is C15H19N3O3. The number of nitrogens with one attached hydrogen (secondary N) is 3. The van der Waals surface area contributed by atoms with Crippen LogP contribution in [0.15, 0.2) is 18.2 Å². The third kappa shape index (κ3) is 2.67. The molecule has 1 aliphatic rings. The zero-order valence-electron chi connectivity index (χ0n) is 12.2. The van der Waals surface area contributed by atoms with Gasteiger partial charge in [0, 0.05) is 24.0 Å². The number of ether oxygens (including phenoxy) is 2. The van der Waals surface area contributed by atoms with Gasteiger partial charge in [-0.25, -0.2) is 0 Å². The van der Waals surface area contributed by atoms with E-state index in [2.05, 4.69) is 15.6 Å². The van der Waals surface area contributed by atoms with E-state index in [1.807, 2.05) is 12.1 Å². The number of hydrogen-bond donors (Lipinski definition) is 3. The second kappa shape index (κ2) is 5.65. The van der Waals surface area contributed by atoms with Gasteiger partial charge < -0.3 is 25.1 Å². The fraction of sp³-hybridized carbons (Fsp3) is 0.400. The molecule has 1 amide bonds. The van der Waals surface area contributed by atoms with Gasteiger partial charge in [0.2, 0.25) is 0 Å². The summed E-state index contributed by atoms with van der Waals surface area (Å²) in [7, 11) is 3.20. The molecule has 1 aromatic heterocycles. The highest BCUT2D eigenvalue weighted by Crippen LogP contribution is 2.31. The predicted molar refractivity (Wildman–Crippen MR) is 80.1 cm³/mol. The summed E-state index contributed by atoms with van der Waals surface area (Å²) in [6, 6.07) is 5.68. The molecule has 2 heterocycles. The van der Waals surface area contributed by atoms with Crippen LogP contribution in [0.3, 0.4) is 0 Å². The number of fused-ring (bicyclic) bond motifs is 1. The van der Waals surface area contributed by atoms with Crippen molar-refractivity contribution in [1.82, 2.24) is 15.6 Å². The fourth-order valence-corrected chi connectivity index (χ4v) is 2.63. The maximum Gasteiger partial charge on any atom is 0.267 e. The summed E-state index contributed by atoms with van der Waals surface area (Å²) in [6.07, 6.45) is 0.961.